The maximum Gasteiger partial charge on any atom is 0.327 e. The highest BCUT2D eigenvalue weighted by Gasteiger charge is 2.64. The van der Waals surface area contributed by atoms with E-state index in [4.69, 9.17) is 5.73 Å². The van der Waals surface area contributed by atoms with Crippen LogP contribution in [0.25, 0.3) is 0 Å². The monoisotopic (exact) mass is 349 g/mol. The average molecular weight is 349 g/mol. The standard InChI is InChI=1S/C16H19N3O4S/c1-16(2)11(15(22)23)19-13(21)10(14(19)24-16)18-12(20)9(17)8-6-4-3-5-7-8/h3-7,9-11,14H,17H2,1-2H3,(H,18,20)(H,22,23)/t9-,10-,11?,14?/m1/s1. The summed E-state index contributed by atoms with van der Waals surface area (Å²) in [6.07, 6.45) is 0. The van der Waals surface area contributed by atoms with Gasteiger partial charge < -0.3 is 21.1 Å². The van der Waals surface area contributed by atoms with Crippen LogP contribution >= 0.6 is 11.8 Å². The molecule has 1 aromatic carbocycles. The van der Waals surface area contributed by atoms with Crippen molar-refractivity contribution in [3.8, 4) is 0 Å². The van der Waals surface area contributed by atoms with E-state index in [1.807, 2.05) is 6.07 Å². The summed E-state index contributed by atoms with van der Waals surface area (Å²) in [6.45, 7) is 3.58. The molecule has 4 atom stereocenters. The van der Waals surface area contributed by atoms with E-state index in [2.05, 4.69) is 5.32 Å². The third kappa shape index (κ3) is 2.55. The largest absolute Gasteiger partial charge is 0.480 e. The quantitative estimate of drug-likeness (QED) is 0.675. The number of carboxylic acid groups (broad SMARTS) is 1. The molecule has 2 aliphatic rings. The summed E-state index contributed by atoms with van der Waals surface area (Å²) in [4.78, 5) is 37.5. The fraction of sp³-hybridized carbons (Fsp3) is 0.438. The SMILES string of the molecule is CC1(C)SC2[C@H](NC(=O)[C@H](N)c3ccccc3)C(=O)N2C1C(=O)O. The molecule has 2 fully saturated rings. The Bertz CT molecular complexity index is 694. The number of fused-ring (bicyclic) bond motifs is 1. The zero-order valence-corrected chi connectivity index (χ0v) is 14.1. The first kappa shape index (κ1) is 16.8. The number of hydrogen-bond acceptors (Lipinski definition) is 5. The summed E-state index contributed by atoms with van der Waals surface area (Å²) >= 11 is 1.38. The van der Waals surface area contributed by atoms with E-state index in [9.17, 15) is 19.5 Å². The van der Waals surface area contributed by atoms with Crippen molar-refractivity contribution >= 4 is 29.5 Å². The molecule has 128 valence electrons. The van der Waals surface area contributed by atoms with Gasteiger partial charge in [-0.1, -0.05) is 30.3 Å². The highest BCUT2D eigenvalue weighted by Crippen LogP contribution is 2.50. The number of carbonyl (C=O) groups is 3. The van der Waals surface area contributed by atoms with Crippen LogP contribution in [0, 0.1) is 0 Å². The van der Waals surface area contributed by atoms with Gasteiger partial charge in [0.15, 0.2) is 0 Å². The van der Waals surface area contributed by atoms with Crippen molar-refractivity contribution in [1.82, 2.24) is 10.2 Å². The molecule has 8 heteroatoms. The summed E-state index contributed by atoms with van der Waals surface area (Å²) in [7, 11) is 0. The second kappa shape index (κ2) is 5.78. The third-order valence-electron chi connectivity index (χ3n) is 4.41. The Kier molecular flexibility index (Phi) is 4.05. The smallest absolute Gasteiger partial charge is 0.327 e. The third-order valence-corrected chi connectivity index (χ3v) is 5.99. The van der Waals surface area contributed by atoms with E-state index >= 15 is 0 Å². The van der Waals surface area contributed by atoms with Crippen LogP contribution in [0.15, 0.2) is 30.3 Å². The number of carboxylic acids is 1. The van der Waals surface area contributed by atoms with Crippen molar-refractivity contribution in [3.05, 3.63) is 35.9 Å². The molecule has 2 amide bonds. The molecular weight excluding hydrogens is 330 g/mol. The number of β-lactam (4-membered cyclic amide) rings is 1. The molecule has 2 saturated heterocycles. The molecule has 0 spiro atoms. The molecule has 7 nitrogen and oxygen atoms in total. The van der Waals surface area contributed by atoms with Gasteiger partial charge in [-0.05, 0) is 19.4 Å². The minimum Gasteiger partial charge on any atom is -0.480 e. The molecule has 0 saturated carbocycles. The van der Waals surface area contributed by atoms with E-state index in [1.54, 1.807) is 38.1 Å². The van der Waals surface area contributed by atoms with Crippen LogP contribution in [0.4, 0.5) is 0 Å². The molecule has 0 bridgehead atoms. The molecule has 2 heterocycles. The molecule has 0 radical (unpaired) electrons. The molecule has 2 aliphatic heterocycles. The number of nitrogens with one attached hydrogen (secondary N) is 1. The van der Waals surface area contributed by atoms with Crippen LogP contribution in [0.3, 0.4) is 0 Å². The van der Waals surface area contributed by atoms with Crippen molar-refractivity contribution < 1.29 is 19.5 Å². The van der Waals surface area contributed by atoms with Gasteiger partial charge in [-0.15, -0.1) is 11.8 Å². The highest BCUT2D eigenvalue weighted by atomic mass is 32.2. The Morgan fingerprint density at radius 2 is 1.96 bits per heavy atom. The number of carbonyl (C=O) groups excluding carboxylic acids is 2. The van der Waals surface area contributed by atoms with Crippen molar-refractivity contribution in [2.45, 2.75) is 42.1 Å². The second-order valence-electron chi connectivity index (χ2n) is 6.47. The zero-order chi connectivity index (χ0) is 17.6. The number of nitrogens with zero attached hydrogens (tertiary/aromatic N) is 1. The predicted molar refractivity (Wildman–Crippen MR) is 89.0 cm³/mol. The summed E-state index contributed by atoms with van der Waals surface area (Å²) in [5.41, 5.74) is 6.59. The van der Waals surface area contributed by atoms with Gasteiger partial charge in [0.1, 0.15) is 23.5 Å². The maximum absolute atomic E-state index is 12.3. The number of rotatable bonds is 4. The van der Waals surface area contributed by atoms with Crippen molar-refractivity contribution in [2.75, 3.05) is 0 Å². The molecule has 1 aromatic rings. The maximum atomic E-state index is 12.3. The average Bonchev–Trinajstić information content (AvgIpc) is 2.80. The first-order valence-corrected chi connectivity index (χ1v) is 8.45. The van der Waals surface area contributed by atoms with Crippen LogP contribution < -0.4 is 11.1 Å². The molecular formula is C16H19N3O4S. The summed E-state index contributed by atoms with van der Waals surface area (Å²) in [5, 5.41) is 11.7. The number of hydrogen-bond donors (Lipinski definition) is 3. The van der Waals surface area contributed by atoms with Crippen molar-refractivity contribution in [2.24, 2.45) is 5.73 Å². The number of amides is 2. The Morgan fingerprint density at radius 3 is 2.54 bits per heavy atom. The van der Waals surface area contributed by atoms with Gasteiger partial charge in [0.25, 0.3) is 0 Å². The summed E-state index contributed by atoms with van der Waals surface area (Å²) in [5.74, 6) is -1.86. The van der Waals surface area contributed by atoms with Crippen LogP contribution in [-0.4, -0.2) is 50.0 Å². The van der Waals surface area contributed by atoms with E-state index < -0.39 is 34.7 Å². The summed E-state index contributed by atoms with van der Waals surface area (Å²) < 4.78 is -0.618. The van der Waals surface area contributed by atoms with Crippen LogP contribution in [0.5, 0.6) is 0 Å². The topological polar surface area (TPSA) is 113 Å². The first-order chi connectivity index (χ1) is 11.2. The first-order valence-electron chi connectivity index (χ1n) is 7.58. The van der Waals surface area contributed by atoms with Gasteiger partial charge in [0.2, 0.25) is 11.8 Å². The van der Waals surface area contributed by atoms with Crippen LogP contribution in [0.1, 0.15) is 25.5 Å². The van der Waals surface area contributed by atoms with Gasteiger partial charge in [0.05, 0.1) is 0 Å². The lowest BCUT2D eigenvalue weighted by Crippen LogP contribution is -2.71. The van der Waals surface area contributed by atoms with Gasteiger partial charge >= 0.3 is 5.97 Å². The number of aliphatic carboxylic acids is 1. The fourth-order valence-corrected chi connectivity index (χ4v) is 4.83. The van der Waals surface area contributed by atoms with Crippen LogP contribution in [-0.2, 0) is 14.4 Å². The van der Waals surface area contributed by atoms with E-state index in [1.165, 1.54) is 16.7 Å². The van der Waals surface area contributed by atoms with Gasteiger partial charge in [0, 0.05) is 4.75 Å². The Balaban J connectivity index is 1.71. The molecule has 0 aromatic heterocycles. The predicted octanol–water partition coefficient (Wildman–Crippen LogP) is 0.318. The molecule has 4 N–H and O–H groups in total. The normalized spacial score (nSPS) is 28.7. The Morgan fingerprint density at radius 1 is 1.33 bits per heavy atom. The fourth-order valence-electron chi connectivity index (χ4n) is 3.20. The van der Waals surface area contributed by atoms with Gasteiger partial charge in [-0.3, -0.25) is 9.59 Å². The lowest BCUT2D eigenvalue weighted by molar-refractivity contribution is -0.161. The van der Waals surface area contributed by atoms with E-state index in [0.29, 0.717) is 5.56 Å². The van der Waals surface area contributed by atoms with Gasteiger partial charge in [-0.2, -0.15) is 0 Å². The molecule has 3 rings (SSSR count). The summed E-state index contributed by atoms with van der Waals surface area (Å²) in [6, 6.07) is 6.38. The van der Waals surface area contributed by atoms with E-state index in [-0.39, 0.29) is 11.3 Å². The number of thioether (sulfide) groups is 1. The van der Waals surface area contributed by atoms with Crippen molar-refractivity contribution in [3.63, 3.8) is 0 Å². The minimum atomic E-state index is -1.03. The minimum absolute atomic E-state index is 0.375. The second-order valence-corrected chi connectivity index (χ2v) is 8.24. The zero-order valence-electron chi connectivity index (χ0n) is 13.3. The lowest BCUT2D eigenvalue weighted by Gasteiger charge is -2.43. The van der Waals surface area contributed by atoms with Crippen LogP contribution in [0.2, 0.25) is 0 Å². The highest BCUT2D eigenvalue weighted by molar-refractivity contribution is 8.01. The number of benzene rings is 1. The number of nitrogens with two attached hydrogens (primary N) is 1. The van der Waals surface area contributed by atoms with E-state index in [0.717, 1.165) is 0 Å². The Hall–Kier alpha value is -2.06. The van der Waals surface area contributed by atoms with Gasteiger partial charge in [-0.25, -0.2) is 4.79 Å². The van der Waals surface area contributed by atoms with Crippen molar-refractivity contribution in [1.29, 1.82) is 0 Å². The molecule has 2 unspecified atom stereocenters. The lowest BCUT2D eigenvalue weighted by atomic mass is 9.95. The molecule has 0 aliphatic carbocycles. The molecule has 24 heavy (non-hydrogen) atoms. The Labute approximate surface area is 143 Å².